The number of nitrogens with one attached hydrogen (secondary N) is 1. The Hall–Kier alpha value is -1.26. The Labute approximate surface area is 115 Å². The van der Waals surface area contributed by atoms with Gasteiger partial charge in [-0.25, -0.2) is 4.79 Å². The number of unbranched alkanes of at least 4 members (excludes halogenated alkanes) is 4. The van der Waals surface area contributed by atoms with Gasteiger partial charge < -0.3 is 15.2 Å². The molecule has 19 heavy (non-hydrogen) atoms. The van der Waals surface area contributed by atoms with Crippen LogP contribution in [0, 0.1) is 0 Å². The second-order valence-electron chi connectivity index (χ2n) is 5.34. The van der Waals surface area contributed by atoms with Crippen molar-refractivity contribution in [3.63, 3.8) is 0 Å². The summed E-state index contributed by atoms with van der Waals surface area (Å²) in [6.07, 6.45) is 5.23. The van der Waals surface area contributed by atoms with Crippen LogP contribution in [0.3, 0.4) is 0 Å². The van der Waals surface area contributed by atoms with Crippen LogP contribution in [-0.4, -0.2) is 29.3 Å². The van der Waals surface area contributed by atoms with E-state index in [0.717, 1.165) is 38.5 Å². The fraction of sp³-hybridized carbons (Fsp3) is 0.857. The summed E-state index contributed by atoms with van der Waals surface area (Å²) in [4.78, 5) is 21.7. The van der Waals surface area contributed by atoms with E-state index in [1.54, 1.807) is 0 Å². The number of carbonyl (C=O) groups excluding carboxylic acids is 1. The summed E-state index contributed by atoms with van der Waals surface area (Å²) in [6.45, 7) is 6.35. The molecule has 0 atom stereocenters. The maximum atomic E-state index is 11.4. The summed E-state index contributed by atoms with van der Waals surface area (Å²) in [5, 5.41) is 11.2. The molecular formula is C14H27NO4. The molecule has 0 fully saturated rings. The molecule has 5 nitrogen and oxygen atoms in total. The van der Waals surface area contributed by atoms with E-state index in [1.807, 2.05) is 20.8 Å². The van der Waals surface area contributed by atoms with Crippen molar-refractivity contribution in [2.75, 3.05) is 6.54 Å². The lowest BCUT2D eigenvalue weighted by Gasteiger charge is -2.23. The van der Waals surface area contributed by atoms with Crippen LogP contribution in [-0.2, 0) is 9.53 Å². The Morgan fingerprint density at radius 1 is 1.11 bits per heavy atom. The molecule has 0 aliphatic carbocycles. The van der Waals surface area contributed by atoms with Crippen LogP contribution in [0.15, 0.2) is 0 Å². The molecule has 0 bridgehead atoms. The van der Waals surface area contributed by atoms with Gasteiger partial charge in [-0.05, 0) is 33.1 Å². The Morgan fingerprint density at radius 2 is 1.68 bits per heavy atom. The number of hydrogen-bond donors (Lipinski definition) is 2. The van der Waals surface area contributed by atoms with Gasteiger partial charge in [0.2, 0.25) is 0 Å². The summed E-state index contributed by atoms with van der Waals surface area (Å²) in [5.74, 6) is -0.733. The molecule has 0 saturated carbocycles. The third-order valence-electron chi connectivity index (χ3n) is 3.06. The number of carbonyl (C=O) groups is 2. The lowest BCUT2D eigenvalue weighted by Crippen LogP contribution is -2.34. The smallest absolute Gasteiger partial charge is 0.407 e. The highest BCUT2D eigenvalue weighted by molar-refractivity contribution is 5.67. The van der Waals surface area contributed by atoms with Crippen molar-refractivity contribution < 1.29 is 19.4 Å². The molecule has 0 aliphatic heterocycles. The number of hydrogen-bond acceptors (Lipinski definition) is 3. The minimum atomic E-state index is -0.733. The largest absolute Gasteiger partial charge is 0.481 e. The minimum absolute atomic E-state index is 0.247. The molecule has 0 aromatic heterocycles. The van der Waals surface area contributed by atoms with Gasteiger partial charge in [0.05, 0.1) is 0 Å². The number of carboxylic acid groups (broad SMARTS) is 1. The number of ether oxygens (including phenoxy) is 1. The molecule has 0 aromatic carbocycles. The molecule has 0 saturated heterocycles. The third-order valence-corrected chi connectivity index (χ3v) is 3.06. The van der Waals surface area contributed by atoms with E-state index in [4.69, 9.17) is 9.84 Å². The van der Waals surface area contributed by atoms with E-state index in [-0.39, 0.29) is 12.5 Å². The Balaban J connectivity index is 3.39. The summed E-state index contributed by atoms with van der Waals surface area (Å²) < 4.78 is 5.24. The lowest BCUT2D eigenvalue weighted by molar-refractivity contribution is -0.137. The number of carboxylic acids is 1. The number of rotatable bonds is 10. The maximum absolute atomic E-state index is 11.4. The van der Waals surface area contributed by atoms with Crippen molar-refractivity contribution in [3.05, 3.63) is 0 Å². The van der Waals surface area contributed by atoms with E-state index >= 15 is 0 Å². The first-order valence-corrected chi connectivity index (χ1v) is 7.06. The molecule has 1 amide bonds. The average molecular weight is 273 g/mol. The van der Waals surface area contributed by atoms with Gasteiger partial charge >= 0.3 is 12.1 Å². The van der Waals surface area contributed by atoms with Gasteiger partial charge in [0, 0.05) is 13.0 Å². The summed E-state index contributed by atoms with van der Waals surface area (Å²) in [5.41, 5.74) is -0.416. The molecule has 0 heterocycles. The number of amides is 1. The second kappa shape index (κ2) is 9.64. The third kappa shape index (κ3) is 11.6. The van der Waals surface area contributed by atoms with Gasteiger partial charge in [0.1, 0.15) is 5.60 Å². The molecule has 0 rings (SSSR count). The first-order chi connectivity index (χ1) is 8.87. The van der Waals surface area contributed by atoms with Crippen LogP contribution in [0.25, 0.3) is 0 Å². The van der Waals surface area contributed by atoms with Gasteiger partial charge in [-0.2, -0.15) is 0 Å². The van der Waals surface area contributed by atoms with Crippen molar-refractivity contribution in [2.45, 2.75) is 71.3 Å². The van der Waals surface area contributed by atoms with Gasteiger partial charge in [-0.3, -0.25) is 4.79 Å². The number of aliphatic carboxylic acids is 1. The fourth-order valence-corrected chi connectivity index (χ4v) is 1.48. The first-order valence-electron chi connectivity index (χ1n) is 7.06. The highest BCUT2D eigenvalue weighted by Crippen LogP contribution is 2.13. The summed E-state index contributed by atoms with van der Waals surface area (Å²) >= 11 is 0. The van der Waals surface area contributed by atoms with Gasteiger partial charge in [-0.15, -0.1) is 0 Å². The average Bonchev–Trinajstić information content (AvgIpc) is 2.31. The minimum Gasteiger partial charge on any atom is -0.481 e. The summed E-state index contributed by atoms with van der Waals surface area (Å²) in [6, 6.07) is 0. The highest BCUT2D eigenvalue weighted by Gasteiger charge is 2.19. The van der Waals surface area contributed by atoms with Crippen molar-refractivity contribution in [3.8, 4) is 0 Å². The van der Waals surface area contributed by atoms with Crippen molar-refractivity contribution in [1.82, 2.24) is 5.32 Å². The highest BCUT2D eigenvalue weighted by atomic mass is 16.6. The molecule has 112 valence electrons. The Kier molecular flexibility index (Phi) is 9.00. The molecule has 0 unspecified atom stereocenters. The lowest BCUT2D eigenvalue weighted by atomic mass is 10.1. The van der Waals surface area contributed by atoms with Gasteiger partial charge in [0.25, 0.3) is 0 Å². The molecule has 5 heteroatoms. The standard InChI is InChI=1S/C14H27NO4/c1-4-14(2,3)19-13(18)15-11-9-7-5-6-8-10-12(16)17/h4-11H2,1-3H3,(H,15,18)(H,16,17). The fourth-order valence-electron chi connectivity index (χ4n) is 1.48. The van der Waals surface area contributed by atoms with Crippen LogP contribution >= 0.6 is 0 Å². The molecule has 0 spiro atoms. The van der Waals surface area contributed by atoms with Crippen LogP contribution in [0.2, 0.25) is 0 Å². The predicted octanol–water partition coefficient (Wildman–Crippen LogP) is 3.33. The van der Waals surface area contributed by atoms with Crippen LogP contribution < -0.4 is 5.32 Å². The molecule has 2 N–H and O–H groups in total. The van der Waals surface area contributed by atoms with E-state index in [0.29, 0.717) is 6.54 Å². The predicted molar refractivity (Wildman–Crippen MR) is 74.2 cm³/mol. The topological polar surface area (TPSA) is 75.6 Å². The molecule has 0 radical (unpaired) electrons. The molecular weight excluding hydrogens is 246 g/mol. The van der Waals surface area contributed by atoms with Gasteiger partial charge in [0.15, 0.2) is 0 Å². The molecule has 0 aromatic rings. The van der Waals surface area contributed by atoms with Crippen LogP contribution in [0.5, 0.6) is 0 Å². The van der Waals surface area contributed by atoms with E-state index in [9.17, 15) is 9.59 Å². The number of alkyl carbamates (subject to hydrolysis) is 1. The molecule has 0 aliphatic rings. The van der Waals surface area contributed by atoms with Crippen molar-refractivity contribution >= 4 is 12.1 Å². The zero-order valence-corrected chi connectivity index (χ0v) is 12.3. The Morgan fingerprint density at radius 3 is 2.26 bits per heavy atom. The van der Waals surface area contributed by atoms with Crippen LogP contribution in [0.4, 0.5) is 4.79 Å². The van der Waals surface area contributed by atoms with E-state index in [2.05, 4.69) is 5.32 Å². The van der Waals surface area contributed by atoms with Gasteiger partial charge in [-0.1, -0.05) is 26.2 Å². The van der Waals surface area contributed by atoms with E-state index < -0.39 is 11.6 Å². The zero-order valence-electron chi connectivity index (χ0n) is 12.3. The van der Waals surface area contributed by atoms with E-state index in [1.165, 1.54) is 0 Å². The zero-order chi connectivity index (χ0) is 14.7. The maximum Gasteiger partial charge on any atom is 0.407 e. The SMILES string of the molecule is CCC(C)(C)OC(=O)NCCCCCCCC(=O)O. The second-order valence-corrected chi connectivity index (χ2v) is 5.34. The monoisotopic (exact) mass is 273 g/mol. The normalized spacial score (nSPS) is 11.1. The van der Waals surface area contributed by atoms with Crippen molar-refractivity contribution in [1.29, 1.82) is 0 Å². The van der Waals surface area contributed by atoms with Crippen LogP contribution in [0.1, 0.15) is 65.7 Å². The Bertz CT molecular complexity index is 277. The first kappa shape index (κ1) is 17.7. The quantitative estimate of drug-likeness (QED) is 0.599. The van der Waals surface area contributed by atoms with Crippen molar-refractivity contribution in [2.24, 2.45) is 0 Å². The summed E-state index contributed by atoms with van der Waals surface area (Å²) in [7, 11) is 0.